The minimum atomic E-state index is -0.287. The van der Waals surface area contributed by atoms with Gasteiger partial charge in [0, 0.05) is 45.0 Å². The largest absolute Gasteiger partial charge is 0.310 e. The summed E-state index contributed by atoms with van der Waals surface area (Å²) in [6, 6.07) is 144. The van der Waals surface area contributed by atoms with Crippen LogP contribution in [0.3, 0.4) is 0 Å². The highest BCUT2D eigenvalue weighted by molar-refractivity contribution is 7.00. The van der Waals surface area contributed by atoms with E-state index in [0.29, 0.717) is 0 Å². The molecule has 3 heteroatoms. The monoisotopic (exact) mass is 1370 g/mol. The number of nitrogens with zero attached hydrogens (tertiary/aromatic N) is 2. The van der Waals surface area contributed by atoms with E-state index in [1.165, 1.54) is 66.5 Å². The van der Waals surface area contributed by atoms with Crippen LogP contribution >= 0.6 is 0 Å². The first-order valence-corrected chi connectivity index (χ1v) is 37.6. The van der Waals surface area contributed by atoms with Crippen LogP contribution in [0.5, 0.6) is 0 Å². The number of fused-ring (bicyclic) bond motifs is 4. The normalized spacial score (nSPS) is 12.3. The molecule has 510 valence electrons. The van der Waals surface area contributed by atoms with Gasteiger partial charge in [-0.1, -0.05) is 399 Å². The van der Waals surface area contributed by atoms with Crippen molar-refractivity contribution in [2.75, 3.05) is 9.80 Å². The SMILES string of the molecule is CC(C)(C)c1cc(-c2cc3c4c(c2)N(c2c(-c5ccccc5)cccc2-c2ccccc2)c2cc(-c5c(-c6ccccc6)cccc5-c5ccccc5)ccc2B4c2ccc(-c4c(-c5ccccc5)cccc4-c4ccccc4)cc2N3c2c(-c3ccccc3)cccc2-c2ccccc2)cc(C(C)(C)C)c1. The van der Waals surface area contributed by atoms with Gasteiger partial charge in [0.15, 0.2) is 0 Å². The van der Waals surface area contributed by atoms with Crippen molar-refractivity contribution < 1.29 is 0 Å². The van der Waals surface area contributed by atoms with Crippen molar-refractivity contribution in [3.63, 3.8) is 0 Å². The lowest BCUT2D eigenvalue weighted by atomic mass is 9.33. The second-order valence-electron chi connectivity index (χ2n) is 30.7. The average Bonchev–Trinajstić information content (AvgIpc) is 0.686. The van der Waals surface area contributed by atoms with Gasteiger partial charge in [-0.25, -0.2) is 0 Å². The van der Waals surface area contributed by atoms with Gasteiger partial charge in [-0.2, -0.15) is 0 Å². The first-order valence-electron chi connectivity index (χ1n) is 37.6. The zero-order valence-corrected chi connectivity index (χ0v) is 61.3. The molecule has 2 heterocycles. The topological polar surface area (TPSA) is 6.48 Å². The molecular weight excluding hydrogens is 1290 g/mol. The molecule has 18 rings (SSSR count). The second-order valence-corrected chi connectivity index (χ2v) is 30.7. The molecule has 0 saturated carbocycles. The van der Waals surface area contributed by atoms with Gasteiger partial charge in [0.25, 0.3) is 6.71 Å². The molecule has 2 aliphatic heterocycles. The van der Waals surface area contributed by atoms with Crippen molar-refractivity contribution in [1.82, 2.24) is 0 Å². The van der Waals surface area contributed by atoms with Crippen LogP contribution in [0.4, 0.5) is 34.1 Å². The first kappa shape index (κ1) is 66.2. The Bertz CT molecular complexity index is 5390. The van der Waals surface area contributed by atoms with Crippen molar-refractivity contribution >= 4 is 57.2 Å². The molecule has 0 aromatic heterocycles. The summed E-state index contributed by atoms with van der Waals surface area (Å²) in [5.41, 5.74) is 37.8. The van der Waals surface area contributed by atoms with Gasteiger partial charge in [-0.15, -0.1) is 0 Å². The molecule has 0 amide bonds. The Hall–Kier alpha value is -12.8. The van der Waals surface area contributed by atoms with E-state index < -0.39 is 0 Å². The minimum absolute atomic E-state index is 0.173. The standard InChI is InChI=1S/C104H81BN2/c1-103(2,3)82-63-80(64-83(69-82)104(4,5)6)81-67-96-100-97(68-81)107(102-90(76-47-27-13-28-48-76)57-34-58-91(102)77-49-29-14-30-50-77)95-66-79(99-86(72-39-19-9-20-40-72)53-32-54-87(99)73-41-21-10-22-42-73)60-62-93(95)105(100)92-61-59-78(98-84(70-35-15-7-16-36-70)51-31-52-85(98)71-37-17-8-18-38-71)65-94(92)106(96)101-88(74-43-23-11-24-44-74)55-33-56-89(101)75-45-25-12-26-46-75/h7-69H,1-6H3. The number of hydrogen-bond acceptors (Lipinski definition) is 2. The fourth-order valence-electron chi connectivity index (χ4n) is 16.7. The van der Waals surface area contributed by atoms with Crippen LogP contribution in [0.2, 0.25) is 0 Å². The molecule has 16 aromatic carbocycles. The van der Waals surface area contributed by atoms with Gasteiger partial charge >= 0.3 is 0 Å². The molecule has 0 unspecified atom stereocenters. The van der Waals surface area contributed by atoms with Gasteiger partial charge in [0.05, 0.1) is 11.4 Å². The molecule has 2 aliphatic rings. The van der Waals surface area contributed by atoms with Gasteiger partial charge < -0.3 is 9.80 Å². The first-order chi connectivity index (χ1) is 52.4. The highest BCUT2D eigenvalue weighted by Crippen LogP contribution is 2.56. The van der Waals surface area contributed by atoms with Crippen molar-refractivity contribution in [2.24, 2.45) is 0 Å². The summed E-state index contributed by atoms with van der Waals surface area (Å²) in [5.74, 6) is 0. The Morgan fingerprint density at radius 3 is 0.692 bits per heavy atom. The van der Waals surface area contributed by atoms with Gasteiger partial charge in [0.1, 0.15) is 0 Å². The number of anilines is 6. The number of hydrogen-bond donors (Lipinski definition) is 0. The van der Waals surface area contributed by atoms with Crippen LogP contribution in [0.25, 0.3) is 122 Å². The summed E-state index contributed by atoms with van der Waals surface area (Å²) in [5, 5.41) is 0. The number of benzene rings is 16. The van der Waals surface area contributed by atoms with Gasteiger partial charge in [-0.3, -0.25) is 0 Å². The summed E-state index contributed by atoms with van der Waals surface area (Å²) in [7, 11) is 0. The summed E-state index contributed by atoms with van der Waals surface area (Å²) >= 11 is 0. The highest BCUT2D eigenvalue weighted by Gasteiger charge is 2.46. The summed E-state index contributed by atoms with van der Waals surface area (Å²) in [6.45, 7) is 13.9. The molecule has 16 aromatic rings. The van der Waals surface area contributed by atoms with E-state index in [1.54, 1.807) is 0 Å². The van der Waals surface area contributed by atoms with Crippen LogP contribution in [0.1, 0.15) is 52.7 Å². The van der Waals surface area contributed by atoms with Gasteiger partial charge in [0.2, 0.25) is 0 Å². The summed E-state index contributed by atoms with van der Waals surface area (Å²) in [6.07, 6.45) is 0. The zero-order chi connectivity index (χ0) is 72.3. The van der Waals surface area contributed by atoms with E-state index in [2.05, 4.69) is 434 Å². The Morgan fingerprint density at radius 2 is 0.430 bits per heavy atom. The molecule has 0 N–H and O–H groups in total. The van der Waals surface area contributed by atoms with E-state index in [-0.39, 0.29) is 17.5 Å². The van der Waals surface area contributed by atoms with Crippen LogP contribution in [0, 0.1) is 0 Å². The number of rotatable bonds is 13. The molecule has 0 atom stereocenters. The molecule has 107 heavy (non-hydrogen) atoms. The van der Waals surface area contributed by atoms with Crippen molar-refractivity contribution in [3.8, 4) is 122 Å². The lowest BCUT2D eigenvalue weighted by Crippen LogP contribution is -2.61. The lowest BCUT2D eigenvalue weighted by Gasteiger charge is -2.46. The van der Waals surface area contributed by atoms with Crippen LogP contribution in [0.15, 0.2) is 382 Å². The van der Waals surface area contributed by atoms with E-state index in [1.807, 2.05) is 0 Å². The predicted molar refractivity (Wildman–Crippen MR) is 458 cm³/mol. The number of para-hydroxylation sites is 2. The fourth-order valence-corrected chi connectivity index (χ4v) is 16.7. The molecule has 0 radical (unpaired) electrons. The minimum Gasteiger partial charge on any atom is -0.310 e. The summed E-state index contributed by atoms with van der Waals surface area (Å²) in [4.78, 5) is 5.43. The van der Waals surface area contributed by atoms with Gasteiger partial charge in [-0.05, 0) is 163 Å². The highest BCUT2D eigenvalue weighted by atomic mass is 15.2. The van der Waals surface area contributed by atoms with E-state index >= 15 is 0 Å². The van der Waals surface area contributed by atoms with Crippen LogP contribution in [-0.2, 0) is 10.8 Å². The Labute approximate surface area is 631 Å². The maximum atomic E-state index is 2.72. The van der Waals surface area contributed by atoms with Crippen LogP contribution < -0.4 is 26.2 Å². The van der Waals surface area contributed by atoms with E-state index in [0.717, 1.165) is 118 Å². The third kappa shape index (κ3) is 12.1. The maximum Gasteiger partial charge on any atom is 0.252 e. The molecule has 0 fully saturated rings. The van der Waals surface area contributed by atoms with E-state index in [9.17, 15) is 0 Å². The molecule has 0 bridgehead atoms. The fraction of sp³-hybridized carbons (Fsp3) is 0.0769. The molecule has 2 nitrogen and oxygen atoms in total. The summed E-state index contributed by atoms with van der Waals surface area (Å²) < 4.78 is 0. The molecule has 0 spiro atoms. The average molecular weight is 1370 g/mol. The van der Waals surface area contributed by atoms with Crippen molar-refractivity contribution in [3.05, 3.63) is 393 Å². The smallest absolute Gasteiger partial charge is 0.252 e. The molecular formula is C104H81BN2. The quantitative estimate of drug-likeness (QED) is 0.106. The third-order valence-corrected chi connectivity index (χ3v) is 22.0. The zero-order valence-electron chi connectivity index (χ0n) is 61.3. The Balaban J connectivity index is 1.05. The lowest BCUT2D eigenvalue weighted by molar-refractivity contribution is 0.569. The van der Waals surface area contributed by atoms with E-state index in [4.69, 9.17) is 0 Å². The third-order valence-electron chi connectivity index (χ3n) is 22.0. The molecule has 0 aliphatic carbocycles. The van der Waals surface area contributed by atoms with Crippen molar-refractivity contribution in [2.45, 2.75) is 52.4 Å². The maximum absolute atomic E-state index is 2.72. The Morgan fingerprint density at radius 1 is 0.196 bits per heavy atom. The van der Waals surface area contributed by atoms with Crippen molar-refractivity contribution in [1.29, 1.82) is 0 Å². The Kier molecular flexibility index (Phi) is 16.9. The second kappa shape index (κ2) is 27.3. The predicted octanol–water partition coefficient (Wildman–Crippen LogP) is 26.7. The molecule has 0 saturated heterocycles. The van der Waals surface area contributed by atoms with Crippen LogP contribution in [-0.4, -0.2) is 6.71 Å².